The van der Waals surface area contributed by atoms with Crippen LogP contribution in [0.1, 0.15) is 21.5 Å². The molecular formula is C32H28N4O7S. The van der Waals surface area contributed by atoms with Crippen molar-refractivity contribution >= 4 is 21.8 Å². The lowest BCUT2D eigenvalue weighted by molar-refractivity contribution is -0.127. The summed E-state index contributed by atoms with van der Waals surface area (Å²) in [6.07, 6.45) is 0. The molecule has 1 fully saturated rings. The van der Waals surface area contributed by atoms with Gasteiger partial charge in [0.25, 0.3) is 5.91 Å². The molecule has 224 valence electrons. The molecule has 0 radical (unpaired) electrons. The van der Waals surface area contributed by atoms with Crippen LogP contribution in [0.25, 0.3) is 11.1 Å². The summed E-state index contributed by atoms with van der Waals surface area (Å²) in [5, 5.41) is 41.5. The molecule has 1 atom stereocenters. The smallest absolute Gasteiger partial charge is 0.254 e. The number of phenolic OH excluding ortho intramolecular Hbond substituents is 3. The number of rotatable bonds is 7. The van der Waals surface area contributed by atoms with Gasteiger partial charge in [0.05, 0.1) is 16.5 Å². The molecule has 11 nitrogen and oxygen atoms in total. The van der Waals surface area contributed by atoms with E-state index in [4.69, 9.17) is 5.26 Å². The summed E-state index contributed by atoms with van der Waals surface area (Å²) >= 11 is 0. The SMILES string of the molecule is N#Cc1ccc(S(=O)(=O)N2CCN(C(=O)c3cc(O)c(O)c(O)c3)C(C(=O)NCc3ccc(-c4ccccc4)cc3)C2)cc1. The van der Waals surface area contributed by atoms with Gasteiger partial charge >= 0.3 is 0 Å². The fourth-order valence-corrected chi connectivity index (χ4v) is 6.38. The van der Waals surface area contributed by atoms with E-state index in [1.807, 2.05) is 60.7 Å². The molecule has 0 aliphatic carbocycles. The van der Waals surface area contributed by atoms with Crippen molar-refractivity contribution in [3.05, 3.63) is 108 Å². The molecule has 4 aromatic rings. The maximum Gasteiger partial charge on any atom is 0.254 e. The van der Waals surface area contributed by atoms with Crippen molar-refractivity contribution in [3.8, 4) is 34.4 Å². The lowest BCUT2D eigenvalue weighted by Crippen LogP contribution is -2.61. The molecule has 0 aromatic heterocycles. The third-order valence-corrected chi connectivity index (χ3v) is 9.25. The Bertz CT molecular complexity index is 1820. The van der Waals surface area contributed by atoms with Crippen LogP contribution in [0, 0.1) is 11.3 Å². The minimum atomic E-state index is -4.09. The van der Waals surface area contributed by atoms with Crippen LogP contribution in [-0.2, 0) is 21.4 Å². The topological polar surface area (TPSA) is 171 Å². The Hall–Kier alpha value is -5.38. The number of benzene rings is 4. The van der Waals surface area contributed by atoms with E-state index in [0.717, 1.165) is 33.1 Å². The third kappa shape index (κ3) is 6.19. The average Bonchev–Trinajstić information content (AvgIpc) is 3.05. The Morgan fingerprint density at radius 3 is 2.09 bits per heavy atom. The Morgan fingerprint density at radius 1 is 0.864 bits per heavy atom. The van der Waals surface area contributed by atoms with Gasteiger partial charge in [-0.3, -0.25) is 9.59 Å². The number of hydrogen-bond acceptors (Lipinski definition) is 8. The average molecular weight is 613 g/mol. The van der Waals surface area contributed by atoms with Gasteiger partial charge in [-0.1, -0.05) is 54.6 Å². The van der Waals surface area contributed by atoms with Crippen molar-refractivity contribution < 1.29 is 33.3 Å². The lowest BCUT2D eigenvalue weighted by Gasteiger charge is -2.40. The normalized spacial score (nSPS) is 15.3. The van der Waals surface area contributed by atoms with E-state index in [0.29, 0.717) is 0 Å². The molecule has 12 heteroatoms. The molecule has 0 saturated carbocycles. The standard InChI is InChI=1S/C32H28N4O7S/c33-18-21-8-12-26(13-9-21)44(42,43)35-14-15-36(32(41)25-16-28(37)30(39)29(38)17-25)27(20-35)31(40)34-19-22-6-10-24(11-7-22)23-4-2-1-3-5-23/h1-13,16-17,27,37-39H,14-15,19-20H2,(H,34,40). The maximum atomic E-state index is 13.6. The Morgan fingerprint density at radius 2 is 1.48 bits per heavy atom. The predicted octanol–water partition coefficient (Wildman–Crippen LogP) is 3.17. The fraction of sp³-hybridized carbons (Fsp3) is 0.156. The Labute approximate surface area is 253 Å². The highest BCUT2D eigenvalue weighted by Crippen LogP contribution is 2.36. The van der Waals surface area contributed by atoms with Crippen molar-refractivity contribution in [2.75, 3.05) is 19.6 Å². The summed E-state index contributed by atoms with van der Waals surface area (Å²) in [7, 11) is -4.09. The highest BCUT2D eigenvalue weighted by molar-refractivity contribution is 7.89. The zero-order chi connectivity index (χ0) is 31.4. The van der Waals surface area contributed by atoms with Crippen LogP contribution in [0.2, 0.25) is 0 Å². The summed E-state index contributed by atoms with van der Waals surface area (Å²) in [6.45, 7) is -0.589. The first-order valence-corrected chi connectivity index (χ1v) is 15.0. The van der Waals surface area contributed by atoms with Crippen LogP contribution in [0.15, 0.2) is 95.9 Å². The number of piperazine rings is 1. The van der Waals surface area contributed by atoms with E-state index in [-0.39, 0.29) is 42.2 Å². The summed E-state index contributed by atoms with van der Waals surface area (Å²) in [5.41, 5.74) is 2.90. The van der Waals surface area contributed by atoms with Crippen molar-refractivity contribution in [2.24, 2.45) is 0 Å². The summed E-state index contributed by atoms with van der Waals surface area (Å²) < 4.78 is 28.0. The van der Waals surface area contributed by atoms with E-state index < -0.39 is 45.1 Å². The first-order valence-electron chi connectivity index (χ1n) is 13.6. The molecule has 4 aromatic carbocycles. The fourth-order valence-electron chi connectivity index (χ4n) is 4.94. The second kappa shape index (κ2) is 12.5. The summed E-state index contributed by atoms with van der Waals surface area (Å²) in [6, 6.07) is 25.3. The highest BCUT2D eigenvalue weighted by atomic mass is 32.2. The van der Waals surface area contributed by atoms with E-state index in [1.165, 1.54) is 29.2 Å². The monoisotopic (exact) mass is 612 g/mol. The molecule has 0 spiro atoms. The molecule has 2 amide bonds. The Kier molecular flexibility index (Phi) is 8.52. The third-order valence-electron chi connectivity index (χ3n) is 7.37. The lowest BCUT2D eigenvalue weighted by atomic mass is 10.0. The Balaban J connectivity index is 1.39. The number of aromatic hydroxyl groups is 3. The zero-order valence-corrected chi connectivity index (χ0v) is 24.1. The molecule has 1 aliphatic heterocycles. The molecule has 1 heterocycles. The number of phenols is 3. The molecule has 0 bridgehead atoms. The van der Waals surface area contributed by atoms with Gasteiger partial charge in [0, 0.05) is 31.7 Å². The number of nitrogens with zero attached hydrogens (tertiary/aromatic N) is 3. The van der Waals surface area contributed by atoms with E-state index in [9.17, 15) is 33.3 Å². The first-order chi connectivity index (χ1) is 21.1. The molecule has 1 saturated heterocycles. The molecular weight excluding hydrogens is 584 g/mol. The largest absolute Gasteiger partial charge is 0.504 e. The second-order valence-electron chi connectivity index (χ2n) is 10.2. The molecule has 4 N–H and O–H groups in total. The van der Waals surface area contributed by atoms with Crippen LogP contribution >= 0.6 is 0 Å². The summed E-state index contributed by atoms with van der Waals surface area (Å²) in [4.78, 5) is 28.2. The van der Waals surface area contributed by atoms with Crippen molar-refractivity contribution in [2.45, 2.75) is 17.5 Å². The number of nitriles is 1. The van der Waals surface area contributed by atoms with Gasteiger partial charge in [0.2, 0.25) is 15.9 Å². The molecule has 1 unspecified atom stereocenters. The second-order valence-corrected chi connectivity index (χ2v) is 12.1. The first kappa shape index (κ1) is 30.1. The van der Waals surface area contributed by atoms with Gasteiger partial charge < -0.3 is 25.5 Å². The highest BCUT2D eigenvalue weighted by Gasteiger charge is 2.40. The summed E-state index contributed by atoms with van der Waals surface area (Å²) in [5.74, 6) is -3.62. The van der Waals surface area contributed by atoms with Crippen molar-refractivity contribution in [1.29, 1.82) is 5.26 Å². The van der Waals surface area contributed by atoms with Gasteiger partial charge in [0.1, 0.15) is 6.04 Å². The van der Waals surface area contributed by atoms with Gasteiger partial charge in [-0.25, -0.2) is 8.42 Å². The minimum Gasteiger partial charge on any atom is -0.504 e. The van der Waals surface area contributed by atoms with Crippen LogP contribution in [0.3, 0.4) is 0 Å². The zero-order valence-electron chi connectivity index (χ0n) is 23.3. The number of nitrogens with one attached hydrogen (secondary N) is 1. The van der Waals surface area contributed by atoms with E-state index in [1.54, 1.807) is 0 Å². The van der Waals surface area contributed by atoms with Gasteiger partial charge in [-0.2, -0.15) is 9.57 Å². The maximum absolute atomic E-state index is 13.6. The molecule has 44 heavy (non-hydrogen) atoms. The minimum absolute atomic E-state index is 0.0673. The van der Waals surface area contributed by atoms with Gasteiger partial charge in [-0.05, 0) is 53.1 Å². The van der Waals surface area contributed by atoms with Crippen molar-refractivity contribution in [3.63, 3.8) is 0 Å². The van der Waals surface area contributed by atoms with Gasteiger partial charge in [0.15, 0.2) is 17.2 Å². The molecule has 1 aliphatic rings. The van der Waals surface area contributed by atoms with Crippen LogP contribution < -0.4 is 5.32 Å². The van der Waals surface area contributed by atoms with Crippen LogP contribution in [-0.4, -0.2) is 70.4 Å². The number of carbonyl (C=O) groups is 2. The number of amides is 2. The van der Waals surface area contributed by atoms with Crippen LogP contribution in [0.4, 0.5) is 0 Å². The number of sulfonamides is 1. The predicted molar refractivity (Wildman–Crippen MR) is 160 cm³/mol. The van der Waals surface area contributed by atoms with Crippen LogP contribution in [0.5, 0.6) is 17.2 Å². The van der Waals surface area contributed by atoms with E-state index >= 15 is 0 Å². The van der Waals surface area contributed by atoms with E-state index in [2.05, 4.69) is 5.32 Å². The quantitative estimate of drug-likeness (QED) is 0.231. The number of hydrogen-bond donors (Lipinski definition) is 4. The van der Waals surface area contributed by atoms with Gasteiger partial charge in [-0.15, -0.1) is 0 Å². The van der Waals surface area contributed by atoms with Crippen molar-refractivity contribution in [1.82, 2.24) is 14.5 Å². The molecule has 5 rings (SSSR count). The number of carbonyl (C=O) groups excluding carboxylic acids is 2.